The van der Waals surface area contributed by atoms with Crippen molar-refractivity contribution in [1.82, 2.24) is 0 Å². The summed E-state index contributed by atoms with van der Waals surface area (Å²) in [5.74, 6) is 1.33. The molecule has 0 saturated heterocycles. The molecule has 0 aromatic carbocycles. The molecule has 34 heavy (non-hydrogen) atoms. The summed E-state index contributed by atoms with van der Waals surface area (Å²) in [7, 11) is 0. The molecular formula is C30H46O4. The number of allylic oxidation sites excluding steroid dienone is 2. The van der Waals surface area contributed by atoms with Crippen molar-refractivity contribution in [3.05, 3.63) is 23.8 Å². The van der Waals surface area contributed by atoms with Crippen molar-refractivity contribution in [2.75, 3.05) is 6.61 Å². The van der Waals surface area contributed by atoms with E-state index in [1.807, 2.05) is 13.8 Å². The minimum Gasteiger partial charge on any atom is -0.481 e. The normalized spacial score (nSPS) is 43.2. The van der Waals surface area contributed by atoms with E-state index < -0.39 is 5.97 Å². The van der Waals surface area contributed by atoms with Crippen LogP contribution < -0.4 is 0 Å². The number of aliphatic hydroxyl groups is 1. The number of aliphatic carboxylic acids is 1. The van der Waals surface area contributed by atoms with Gasteiger partial charge in [-0.2, -0.15) is 0 Å². The van der Waals surface area contributed by atoms with Crippen LogP contribution in [0, 0.1) is 45.3 Å². The van der Waals surface area contributed by atoms with Crippen LogP contribution in [0.1, 0.15) is 98.8 Å². The van der Waals surface area contributed by atoms with E-state index in [1.165, 1.54) is 19.3 Å². The first kappa shape index (κ1) is 25.7. The standard InChI is InChI=1S/C30H46O4/c1-19(2)15-22(32)16-20(3)23-9-11-28(6)25-8-7-24(21(4)17-31)29(12-10-26(33)34)18-30(25,29)14-13-27(23,28)5/h15,20,23-25,31H,4,7-14,16-18H2,1-3,5-6H3,(H,33,34). The highest BCUT2D eigenvalue weighted by Gasteiger charge is 2.80. The number of fused-ring (bicyclic) bond motifs is 2. The van der Waals surface area contributed by atoms with E-state index in [9.17, 15) is 19.8 Å². The van der Waals surface area contributed by atoms with Gasteiger partial charge in [-0.3, -0.25) is 9.59 Å². The largest absolute Gasteiger partial charge is 0.481 e. The van der Waals surface area contributed by atoms with Crippen molar-refractivity contribution in [3.63, 3.8) is 0 Å². The van der Waals surface area contributed by atoms with Gasteiger partial charge in [0.05, 0.1) is 6.61 Å². The quantitative estimate of drug-likeness (QED) is 0.295. The fourth-order valence-corrected chi connectivity index (χ4v) is 10.1. The Kier molecular flexibility index (Phi) is 6.50. The van der Waals surface area contributed by atoms with Crippen LogP contribution in [-0.4, -0.2) is 28.6 Å². The van der Waals surface area contributed by atoms with Gasteiger partial charge in [0.2, 0.25) is 0 Å². The number of carboxylic acid groups (broad SMARTS) is 1. The Hall–Kier alpha value is -1.42. The predicted octanol–water partition coefficient (Wildman–Crippen LogP) is 6.58. The van der Waals surface area contributed by atoms with Crippen molar-refractivity contribution in [3.8, 4) is 0 Å². The average molecular weight is 471 g/mol. The van der Waals surface area contributed by atoms with E-state index in [0.717, 1.165) is 36.8 Å². The molecule has 190 valence electrons. The van der Waals surface area contributed by atoms with Crippen LogP contribution in [0.4, 0.5) is 0 Å². The number of carbonyl (C=O) groups excluding carboxylic acids is 1. The first-order valence-electron chi connectivity index (χ1n) is 13.5. The Labute approximate surface area is 206 Å². The van der Waals surface area contributed by atoms with Crippen molar-refractivity contribution >= 4 is 11.8 Å². The molecule has 0 bridgehead atoms. The summed E-state index contributed by atoms with van der Waals surface area (Å²) in [4.78, 5) is 24.2. The molecule has 4 fully saturated rings. The number of ketones is 1. The number of hydrogen-bond acceptors (Lipinski definition) is 3. The maximum absolute atomic E-state index is 12.6. The van der Waals surface area contributed by atoms with Crippen LogP contribution in [0.3, 0.4) is 0 Å². The summed E-state index contributed by atoms with van der Waals surface area (Å²) in [5.41, 5.74) is 2.63. The number of carbonyl (C=O) groups is 2. The molecule has 4 heteroatoms. The highest BCUT2D eigenvalue weighted by molar-refractivity contribution is 5.90. The van der Waals surface area contributed by atoms with Crippen molar-refractivity contribution in [2.24, 2.45) is 45.3 Å². The van der Waals surface area contributed by atoms with E-state index in [2.05, 4.69) is 27.4 Å². The summed E-state index contributed by atoms with van der Waals surface area (Å²) in [5, 5.41) is 19.4. The van der Waals surface area contributed by atoms with Gasteiger partial charge in [-0.25, -0.2) is 0 Å². The zero-order valence-electron chi connectivity index (χ0n) is 22.1. The monoisotopic (exact) mass is 470 g/mol. The van der Waals surface area contributed by atoms with Crippen LogP contribution >= 0.6 is 0 Å². The smallest absolute Gasteiger partial charge is 0.303 e. The van der Waals surface area contributed by atoms with Gasteiger partial charge < -0.3 is 10.2 Å². The van der Waals surface area contributed by atoms with Gasteiger partial charge in [0.25, 0.3) is 0 Å². The maximum atomic E-state index is 12.6. The number of hydrogen-bond donors (Lipinski definition) is 2. The third kappa shape index (κ3) is 3.57. The minimum atomic E-state index is -0.713. The molecule has 4 saturated carbocycles. The highest BCUT2D eigenvalue weighted by Crippen LogP contribution is 2.87. The summed E-state index contributed by atoms with van der Waals surface area (Å²) >= 11 is 0. The predicted molar refractivity (Wildman–Crippen MR) is 135 cm³/mol. The fraction of sp³-hybridized carbons (Fsp3) is 0.800. The number of carboxylic acids is 1. The van der Waals surface area contributed by atoms with Gasteiger partial charge in [0.1, 0.15) is 0 Å². The summed E-state index contributed by atoms with van der Waals surface area (Å²) < 4.78 is 0. The molecule has 0 heterocycles. The molecule has 4 rings (SSSR count). The molecular weight excluding hydrogens is 424 g/mol. The molecule has 8 unspecified atom stereocenters. The zero-order chi connectivity index (χ0) is 25.1. The first-order valence-corrected chi connectivity index (χ1v) is 13.5. The zero-order valence-corrected chi connectivity index (χ0v) is 22.1. The van der Waals surface area contributed by atoms with Crippen LogP contribution in [0.2, 0.25) is 0 Å². The maximum Gasteiger partial charge on any atom is 0.303 e. The van der Waals surface area contributed by atoms with Gasteiger partial charge in [-0.15, -0.1) is 0 Å². The molecule has 4 nitrogen and oxygen atoms in total. The van der Waals surface area contributed by atoms with E-state index in [1.54, 1.807) is 6.08 Å². The molecule has 1 spiro atoms. The van der Waals surface area contributed by atoms with Crippen molar-refractivity contribution < 1.29 is 19.8 Å². The molecule has 0 radical (unpaired) electrons. The van der Waals surface area contributed by atoms with E-state index in [0.29, 0.717) is 30.6 Å². The SMILES string of the molecule is C=C(CO)C1CCC2C3(C)CCC(C(C)CC(=O)C=C(C)C)C3(C)CCC23CC13CCC(=O)O. The van der Waals surface area contributed by atoms with Gasteiger partial charge in [0.15, 0.2) is 5.78 Å². The summed E-state index contributed by atoms with van der Waals surface area (Å²) in [6.07, 6.45) is 11.4. The average Bonchev–Trinajstić information content (AvgIpc) is 3.34. The number of rotatable bonds is 9. The Morgan fingerprint density at radius 2 is 1.79 bits per heavy atom. The van der Waals surface area contributed by atoms with Crippen LogP contribution in [0.25, 0.3) is 0 Å². The minimum absolute atomic E-state index is 0.00156. The molecule has 8 atom stereocenters. The topological polar surface area (TPSA) is 74.6 Å². The number of aliphatic hydroxyl groups excluding tert-OH is 1. The lowest BCUT2D eigenvalue weighted by molar-refractivity contribution is -0.139. The van der Waals surface area contributed by atoms with Crippen LogP contribution in [0.5, 0.6) is 0 Å². The van der Waals surface area contributed by atoms with Crippen LogP contribution in [0.15, 0.2) is 23.8 Å². The summed E-state index contributed by atoms with van der Waals surface area (Å²) in [6.45, 7) is 15.6. The third-order valence-corrected chi connectivity index (χ3v) is 11.7. The second-order valence-corrected chi connectivity index (χ2v) is 13.2. The Morgan fingerprint density at radius 3 is 2.41 bits per heavy atom. The molecule has 0 aliphatic heterocycles. The van der Waals surface area contributed by atoms with Crippen molar-refractivity contribution in [2.45, 2.75) is 98.8 Å². The molecule has 4 aliphatic carbocycles. The lowest BCUT2D eigenvalue weighted by atomic mass is 9.43. The first-order chi connectivity index (χ1) is 15.9. The van der Waals surface area contributed by atoms with Crippen molar-refractivity contribution in [1.29, 1.82) is 0 Å². The van der Waals surface area contributed by atoms with Gasteiger partial charge >= 0.3 is 5.97 Å². The second-order valence-electron chi connectivity index (χ2n) is 13.2. The molecule has 0 amide bonds. The lowest BCUT2D eigenvalue weighted by Gasteiger charge is -2.61. The van der Waals surface area contributed by atoms with Gasteiger partial charge in [-0.1, -0.05) is 32.9 Å². The molecule has 0 aromatic heterocycles. The van der Waals surface area contributed by atoms with E-state index in [4.69, 9.17) is 0 Å². The van der Waals surface area contributed by atoms with E-state index >= 15 is 0 Å². The lowest BCUT2D eigenvalue weighted by Crippen LogP contribution is -2.54. The van der Waals surface area contributed by atoms with Gasteiger partial charge in [0, 0.05) is 12.8 Å². The Bertz CT molecular complexity index is 899. The highest BCUT2D eigenvalue weighted by atomic mass is 16.4. The molecule has 0 aromatic rings. The Balaban J connectivity index is 1.62. The third-order valence-electron chi connectivity index (χ3n) is 11.7. The van der Waals surface area contributed by atoms with Gasteiger partial charge in [-0.05, 0) is 122 Å². The molecule has 4 aliphatic rings. The molecule has 2 N–H and O–H groups in total. The summed E-state index contributed by atoms with van der Waals surface area (Å²) in [6, 6.07) is 0. The second kappa shape index (κ2) is 8.61. The van der Waals surface area contributed by atoms with E-state index in [-0.39, 0.29) is 46.4 Å². The Morgan fingerprint density at radius 1 is 1.09 bits per heavy atom. The fourth-order valence-electron chi connectivity index (χ4n) is 10.1. The van der Waals surface area contributed by atoms with Crippen LogP contribution in [-0.2, 0) is 9.59 Å².